The average Bonchev–Trinajstić information content (AvgIpc) is 2.80. The minimum atomic E-state index is 0.405. The molecule has 1 aromatic heterocycles. The molecular weight excluding hydrogens is 377 g/mol. The zero-order valence-electron chi connectivity index (χ0n) is 11.1. The summed E-state index contributed by atoms with van der Waals surface area (Å²) in [7, 11) is 0. The highest BCUT2D eigenvalue weighted by molar-refractivity contribution is 9.11. The standard InChI is InChI=1S/C15H16BrCl2NS/c1-2-19-11(9-12-4-6-15(16)20-12)7-10-3-5-13(17)14(18)8-10/h3-6,8,11,19H,2,7,9H2,1H3. The van der Waals surface area contributed by atoms with Crippen molar-refractivity contribution in [2.45, 2.75) is 25.8 Å². The monoisotopic (exact) mass is 391 g/mol. The van der Waals surface area contributed by atoms with Crippen molar-refractivity contribution in [3.8, 4) is 0 Å². The van der Waals surface area contributed by atoms with Crippen LogP contribution in [0.25, 0.3) is 0 Å². The fourth-order valence-electron chi connectivity index (χ4n) is 2.16. The Kier molecular flexibility index (Phi) is 6.37. The van der Waals surface area contributed by atoms with Crippen LogP contribution in [0.1, 0.15) is 17.4 Å². The number of hydrogen-bond acceptors (Lipinski definition) is 2. The Balaban J connectivity index is 2.06. The zero-order chi connectivity index (χ0) is 14.5. The first-order valence-electron chi connectivity index (χ1n) is 6.50. The number of halogens is 3. The highest BCUT2D eigenvalue weighted by atomic mass is 79.9. The van der Waals surface area contributed by atoms with Crippen LogP contribution in [-0.4, -0.2) is 12.6 Å². The molecule has 0 bridgehead atoms. The van der Waals surface area contributed by atoms with Crippen molar-refractivity contribution in [1.82, 2.24) is 5.32 Å². The van der Waals surface area contributed by atoms with E-state index in [2.05, 4.69) is 40.3 Å². The summed E-state index contributed by atoms with van der Waals surface area (Å²) < 4.78 is 1.18. The van der Waals surface area contributed by atoms with E-state index >= 15 is 0 Å². The third kappa shape index (κ3) is 4.74. The lowest BCUT2D eigenvalue weighted by Gasteiger charge is -2.17. The molecule has 1 N–H and O–H groups in total. The van der Waals surface area contributed by atoms with Crippen molar-refractivity contribution >= 4 is 50.5 Å². The maximum absolute atomic E-state index is 6.08. The van der Waals surface area contributed by atoms with Gasteiger partial charge in [0.2, 0.25) is 0 Å². The van der Waals surface area contributed by atoms with Gasteiger partial charge in [-0.05, 0) is 65.1 Å². The lowest BCUT2D eigenvalue weighted by atomic mass is 10.0. The number of hydrogen-bond donors (Lipinski definition) is 1. The van der Waals surface area contributed by atoms with Gasteiger partial charge in [-0.2, -0.15) is 0 Å². The Morgan fingerprint density at radius 1 is 1.15 bits per heavy atom. The molecule has 0 aliphatic carbocycles. The van der Waals surface area contributed by atoms with Crippen molar-refractivity contribution in [2.24, 2.45) is 0 Å². The van der Waals surface area contributed by atoms with Gasteiger partial charge in [-0.25, -0.2) is 0 Å². The van der Waals surface area contributed by atoms with Gasteiger partial charge in [0.1, 0.15) is 0 Å². The summed E-state index contributed by atoms with van der Waals surface area (Å²) >= 11 is 17.3. The van der Waals surface area contributed by atoms with Crippen LogP contribution in [0.15, 0.2) is 34.1 Å². The van der Waals surface area contributed by atoms with Crippen LogP contribution in [0.3, 0.4) is 0 Å². The maximum Gasteiger partial charge on any atom is 0.0701 e. The van der Waals surface area contributed by atoms with Gasteiger partial charge in [0.05, 0.1) is 13.8 Å². The maximum atomic E-state index is 6.08. The highest BCUT2D eigenvalue weighted by Crippen LogP contribution is 2.25. The average molecular weight is 393 g/mol. The van der Waals surface area contributed by atoms with E-state index in [-0.39, 0.29) is 0 Å². The van der Waals surface area contributed by atoms with Gasteiger partial charge in [-0.1, -0.05) is 36.2 Å². The zero-order valence-corrected chi connectivity index (χ0v) is 15.0. The Morgan fingerprint density at radius 3 is 2.55 bits per heavy atom. The molecule has 2 aromatic rings. The fraction of sp³-hybridized carbons (Fsp3) is 0.333. The lowest BCUT2D eigenvalue weighted by Crippen LogP contribution is -2.32. The molecule has 0 saturated carbocycles. The third-order valence-corrected chi connectivity index (χ3v) is 5.42. The summed E-state index contributed by atoms with van der Waals surface area (Å²) in [6.45, 7) is 3.09. The molecule has 20 heavy (non-hydrogen) atoms. The fourth-order valence-corrected chi connectivity index (χ4v) is 4.04. The number of nitrogens with one attached hydrogen (secondary N) is 1. The molecular formula is C15H16BrCl2NS. The van der Waals surface area contributed by atoms with Gasteiger partial charge < -0.3 is 5.32 Å². The van der Waals surface area contributed by atoms with Crippen LogP contribution in [0.2, 0.25) is 10.0 Å². The molecule has 1 unspecified atom stereocenters. The van der Waals surface area contributed by atoms with Crippen molar-refractivity contribution in [2.75, 3.05) is 6.54 Å². The first kappa shape index (κ1) is 16.3. The third-order valence-electron chi connectivity index (χ3n) is 3.04. The SMILES string of the molecule is CCNC(Cc1ccc(Cl)c(Cl)c1)Cc1ccc(Br)s1. The Labute approximate surface area is 142 Å². The number of benzene rings is 1. The molecule has 0 amide bonds. The van der Waals surface area contributed by atoms with E-state index in [0.717, 1.165) is 19.4 Å². The lowest BCUT2D eigenvalue weighted by molar-refractivity contribution is 0.524. The van der Waals surface area contributed by atoms with Crippen LogP contribution in [-0.2, 0) is 12.8 Å². The van der Waals surface area contributed by atoms with E-state index < -0.39 is 0 Å². The molecule has 1 atom stereocenters. The molecule has 0 aliphatic heterocycles. The normalized spacial score (nSPS) is 12.6. The summed E-state index contributed by atoms with van der Waals surface area (Å²) in [6.07, 6.45) is 1.96. The summed E-state index contributed by atoms with van der Waals surface area (Å²) in [4.78, 5) is 1.38. The van der Waals surface area contributed by atoms with Crippen molar-refractivity contribution in [1.29, 1.82) is 0 Å². The van der Waals surface area contributed by atoms with E-state index in [9.17, 15) is 0 Å². The largest absolute Gasteiger partial charge is 0.314 e. The molecule has 0 spiro atoms. The van der Waals surface area contributed by atoms with Crippen molar-refractivity contribution in [3.05, 3.63) is 54.6 Å². The van der Waals surface area contributed by atoms with Crippen LogP contribution >= 0.6 is 50.5 Å². The molecule has 108 valence electrons. The molecule has 1 nitrogen and oxygen atoms in total. The first-order chi connectivity index (χ1) is 9.58. The molecule has 1 heterocycles. The Hall–Kier alpha value is -0.0600. The van der Waals surface area contributed by atoms with E-state index in [1.54, 1.807) is 11.3 Å². The molecule has 0 saturated heterocycles. The topological polar surface area (TPSA) is 12.0 Å². The second-order valence-electron chi connectivity index (χ2n) is 4.62. The van der Waals surface area contributed by atoms with E-state index in [0.29, 0.717) is 16.1 Å². The van der Waals surface area contributed by atoms with E-state index in [1.165, 1.54) is 14.2 Å². The minimum Gasteiger partial charge on any atom is -0.314 e. The second kappa shape index (κ2) is 7.81. The Morgan fingerprint density at radius 2 is 1.95 bits per heavy atom. The van der Waals surface area contributed by atoms with Gasteiger partial charge in [0.15, 0.2) is 0 Å². The number of likely N-dealkylation sites (N-methyl/N-ethyl adjacent to an activating group) is 1. The van der Waals surface area contributed by atoms with Gasteiger partial charge >= 0.3 is 0 Å². The van der Waals surface area contributed by atoms with E-state index in [1.807, 2.05) is 18.2 Å². The van der Waals surface area contributed by atoms with Crippen molar-refractivity contribution < 1.29 is 0 Å². The number of thiophene rings is 1. The molecule has 5 heteroatoms. The molecule has 0 radical (unpaired) electrons. The van der Waals surface area contributed by atoms with Gasteiger partial charge in [-0.3, -0.25) is 0 Å². The van der Waals surface area contributed by atoms with Crippen LogP contribution in [0.5, 0.6) is 0 Å². The Bertz CT molecular complexity index is 571. The molecule has 2 rings (SSSR count). The minimum absolute atomic E-state index is 0.405. The molecule has 1 aromatic carbocycles. The van der Waals surface area contributed by atoms with Gasteiger partial charge in [-0.15, -0.1) is 11.3 Å². The summed E-state index contributed by atoms with van der Waals surface area (Å²) in [6, 6.07) is 10.5. The van der Waals surface area contributed by atoms with Crippen molar-refractivity contribution in [3.63, 3.8) is 0 Å². The summed E-state index contributed by atoms with van der Waals surface area (Å²) in [5, 5.41) is 4.77. The molecule has 0 aliphatic rings. The predicted octanol–water partition coefficient (Wildman–Crippen LogP) is 5.58. The number of rotatable bonds is 6. The first-order valence-corrected chi connectivity index (χ1v) is 8.86. The summed E-state index contributed by atoms with van der Waals surface area (Å²) in [5.41, 5.74) is 1.21. The highest BCUT2D eigenvalue weighted by Gasteiger charge is 2.12. The molecule has 0 fully saturated rings. The van der Waals surface area contributed by atoms with Gasteiger partial charge in [0, 0.05) is 10.9 Å². The van der Waals surface area contributed by atoms with E-state index in [4.69, 9.17) is 23.2 Å². The second-order valence-corrected chi connectivity index (χ2v) is 7.98. The van der Waals surface area contributed by atoms with Crippen LogP contribution in [0.4, 0.5) is 0 Å². The van der Waals surface area contributed by atoms with Crippen LogP contribution < -0.4 is 5.32 Å². The quantitative estimate of drug-likeness (QED) is 0.676. The van der Waals surface area contributed by atoms with Gasteiger partial charge in [0.25, 0.3) is 0 Å². The summed E-state index contributed by atoms with van der Waals surface area (Å²) in [5.74, 6) is 0. The van der Waals surface area contributed by atoms with Crippen LogP contribution in [0, 0.1) is 0 Å². The predicted molar refractivity (Wildman–Crippen MR) is 93.4 cm³/mol. The smallest absolute Gasteiger partial charge is 0.0701 e.